The Morgan fingerprint density at radius 3 is 2.94 bits per heavy atom. The number of rotatable bonds is 3. The van der Waals surface area contributed by atoms with E-state index in [1.807, 2.05) is 13.0 Å². The highest BCUT2D eigenvalue weighted by Gasteiger charge is 2.40. The van der Waals surface area contributed by atoms with Crippen LogP contribution in [0.3, 0.4) is 0 Å². The van der Waals surface area contributed by atoms with Gasteiger partial charge >= 0.3 is 0 Å². The van der Waals surface area contributed by atoms with E-state index in [4.69, 9.17) is 0 Å². The molecule has 0 saturated heterocycles. The van der Waals surface area contributed by atoms with Gasteiger partial charge in [0.05, 0.1) is 11.8 Å². The molecule has 1 fully saturated rings. The number of nitrogens with zero attached hydrogens (tertiary/aromatic N) is 1. The van der Waals surface area contributed by atoms with Crippen molar-refractivity contribution in [2.24, 2.45) is 5.92 Å². The standard InChI is InChI=1S/C13H17F2NO/c1-9-3-5-16-11(6-9)12(17)7-10-2-4-13(14,15)8-10/h3,5-6,10,12,17H,2,4,7-8H2,1H3. The number of alkyl halides is 2. The van der Waals surface area contributed by atoms with Gasteiger partial charge in [0.25, 0.3) is 0 Å². The first-order chi connectivity index (χ1) is 7.96. The highest BCUT2D eigenvalue weighted by atomic mass is 19.3. The van der Waals surface area contributed by atoms with Gasteiger partial charge in [0, 0.05) is 19.0 Å². The molecular formula is C13H17F2NO. The van der Waals surface area contributed by atoms with Crippen molar-refractivity contribution in [2.45, 2.75) is 44.6 Å². The van der Waals surface area contributed by atoms with Gasteiger partial charge in [-0.3, -0.25) is 4.98 Å². The van der Waals surface area contributed by atoms with E-state index in [9.17, 15) is 13.9 Å². The van der Waals surface area contributed by atoms with E-state index >= 15 is 0 Å². The lowest BCUT2D eigenvalue weighted by Crippen LogP contribution is -2.11. The summed E-state index contributed by atoms with van der Waals surface area (Å²) in [5.41, 5.74) is 1.60. The van der Waals surface area contributed by atoms with E-state index in [0.717, 1.165) is 5.56 Å². The van der Waals surface area contributed by atoms with Crippen LogP contribution in [0.1, 0.15) is 43.0 Å². The van der Waals surface area contributed by atoms with E-state index < -0.39 is 12.0 Å². The zero-order valence-corrected chi connectivity index (χ0v) is 9.87. The van der Waals surface area contributed by atoms with Crippen LogP contribution in [0, 0.1) is 12.8 Å². The minimum absolute atomic E-state index is 0.0500. The molecule has 1 N–H and O–H groups in total. The van der Waals surface area contributed by atoms with Gasteiger partial charge in [-0.05, 0) is 43.4 Å². The average molecular weight is 241 g/mol. The molecule has 0 bridgehead atoms. The summed E-state index contributed by atoms with van der Waals surface area (Å²) >= 11 is 0. The molecule has 1 heterocycles. The molecule has 0 aromatic carbocycles. The van der Waals surface area contributed by atoms with E-state index in [1.165, 1.54) is 0 Å². The Hall–Kier alpha value is -1.03. The number of pyridine rings is 1. The number of aliphatic hydroxyl groups is 1. The van der Waals surface area contributed by atoms with Gasteiger partial charge in [0.1, 0.15) is 0 Å². The van der Waals surface area contributed by atoms with Crippen molar-refractivity contribution in [3.8, 4) is 0 Å². The lowest BCUT2D eigenvalue weighted by atomic mass is 9.97. The second-order valence-electron chi connectivity index (χ2n) is 4.97. The van der Waals surface area contributed by atoms with Crippen molar-refractivity contribution >= 4 is 0 Å². The topological polar surface area (TPSA) is 33.1 Å². The van der Waals surface area contributed by atoms with Crippen LogP contribution in [0.2, 0.25) is 0 Å². The fraction of sp³-hybridized carbons (Fsp3) is 0.615. The van der Waals surface area contributed by atoms with Crippen LogP contribution in [-0.2, 0) is 0 Å². The summed E-state index contributed by atoms with van der Waals surface area (Å²) < 4.78 is 26.0. The molecule has 4 heteroatoms. The normalized spacial score (nSPS) is 24.8. The van der Waals surface area contributed by atoms with Crippen molar-refractivity contribution < 1.29 is 13.9 Å². The molecule has 2 rings (SSSR count). The van der Waals surface area contributed by atoms with Gasteiger partial charge in [-0.1, -0.05) is 0 Å². The van der Waals surface area contributed by atoms with Gasteiger partial charge in [-0.15, -0.1) is 0 Å². The molecule has 2 unspecified atom stereocenters. The number of aliphatic hydroxyl groups excluding tert-OH is 1. The van der Waals surface area contributed by atoms with Crippen LogP contribution in [0.15, 0.2) is 18.3 Å². The fourth-order valence-corrected chi connectivity index (χ4v) is 2.42. The quantitative estimate of drug-likeness (QED) is 0.881. The summed E-state index contributed by atoms with van der Waals surface area (Å²) in [6, 6.07) is 3.65. The minimum Gasteiger partial charge on any atom is -0.387 e. The summed E-state index contributed by atoms with van der Waals surface area (Å²) in [4.78, 5) is 4.08. The van der Waals surface area contributed by atoms with Crippen LogP contribution in [0.25, 0.3) is 0 Å². The second kappa shape index (κ2) is 4.69. The number of hydrogen-bond donors (Lipinski definition) is 1. The summed E-state index contributed by atoms with van der Waals surface area (Å²) in [7, 11) is 0. The summed E-state index contributed by atoms with van der Waals surface area (Å²) in [5.74, 6) is -2.63. The molecule has 1 aromatic heterocycles. The zero-order valence-electron chi connectivity index (χ0n) is 9.87. The third kappa shape index (κ3) is 3.22. The van der Waals surface area contributed by atoms with E-state index in [1.54, 1.807) is 12.3 Å². The van der Waals surface area contributed by atoms with E-state index in [2.05, 4.69) is 4.98 Å². The van der Waals surface area contributed by atoms with Crippen LogP contribution < -0.4 is 0 Å². The van der Waals surface area contributed by atoms with Crippen LogP contribution in [0.4, 0.5) is 8.78 Å². The van der Waals surface area contributed by atoms with Crippen LogP contribution >= 0.6 is 0 Å². The van der Waals surface area contributed by atoms with Gasteiger partial charge < -0.3 is 5.11 Å². The number of aryl methyl sites for hydroxylation is 1. The molecule has 94 valence electrons. The maximum atomic E-state index is 13.0. The average Bonchev–Trinajstić information content (AvgIpc) is 2.58. The molecule has 0 aliphatic heterocycles. The molecule has 2 nitrogen and oxygen atoms in total. The number of aromatic nitrogens is 1. The molecule has 0 radical (unpaired) electrons. The van der Waals surface area contributed by atoms with Gasteiger partial charge in [-0.25, -0.2) is 8.78 Å². The highest BCUT2D eigenvalue weighted by molar-refractivity contribution is 5.16. The zero-order chi connectivity index (χ0) is 12.5. The molecule has 0 spiro atoms. The lowest BCUT2D eigenvalue weighted by Gasteiger charge is -2.15. The van der Waals surface area contributed by atoms with Gasteiger partial charge in [0.15, 0.2) is 0 Å². The summed E-state index contributed by atoms with van der Waals surface area (Å²) in [6.45, 7) is 1.92. The number of hydrogen-bond acceptors (Lipinski definition) is 2. The monoisotopic (exact) mass is 241 g/mol. The van der Waals surface area contributed by atoms with Gasteiger partial charge in [0.2, 0.25) is 5.92 Å². The first-order valence-electron chi connectivity index (χ1n) is 5.95. The van der Waals surface area contributed by atoms with Gasteiger partial charge in [-0.2, -0.15) is 0 Å². The summed E-state index contributed by atoms with van der Waals surface area (Å²) in [6.07, 6.45) is 1.63. The maximum absolute atomic E-state index is 13.0. The Morgan fingerprint density at radius 2 is 2.35 bits per heavy atom. The Balaban J connectivity index is 1.96. The van der Waals surface area contributed by atoms with E-state index in [0.29, 0.717) is 18.5 Å². The van der Waals surface area contributed by atoms with Crippen molar-refractivity contribution in [2.75, 3.05) is 0 Å². The Morgan fingerprint density at radius 1 is 1.59 bits per heavy atom. The smallest absolute Gasteiger partial charge is 0.248 e. The predicted molar refractivity (Wildman–Crippen MR) is 60.8 cm³/mol. The predicted octanol–water partition coefficient (Wildman–Crippen LogP) is 3.25. The number of halogens is 2. The molecule has 17 heavy (non-hydrogen) atoms. The Labute approximate surface area is 99.7 Å². The van der Waals surface area contributed by atoms with Crippen molar-refractivity contribution in [3.05, 3.63) is 29.6 Å². The SMILES string of the molecule is Cc1ccnc(C(O)CC2CCC(F)(F)C2)c1. The molecule has 1 aromatic rings. The summed E-state index contributed by atoms with van der Waals surface area (Å²) in [5, 5.41) is 9.97. The molecule has 1 aliphatic carbocycles. The molecule has 2 atom stereocenters. The van der Waals surface area contributed by atoms with E-state index in [-0.39, 0.29) is 18.8 Å². The molecule has 0 amide bonds. The van der Waals surface area contributed by atoms with Crippen molar-refractivity contribution in [1.82, 2.24) is 4.98 Å². The largest absolute Gasteiger partial charge is 0.387 e. The first kappa shape index (κ1) is 12.4. The Bertz CT molecular complexity index is 395. The first-order valence-corrected chi connectivity index (χ1v) is 5.95. The third-order valence-corrected chi connectivity index (χ3v) is 3.34. The maximum Gasteiger partial charge on any atom is 0.248 e. The molecule has 1 aliphatic rings. The molecular weight excluding hydrogens is 224 g/mol. The third-order valence-electron chi connectivity index (χ3n) is 3.34. The lowest BCUT2D eigenvalue weighted by molar-refractivity contribution is 0.00245. The molecule has 1 saturated carbocycles. The van der Waals surface area contributed by atoms with Crippen LogP contribution in [-0.4, -0.2) is 16.0 Å². The minimum atomic E-state index is -2.54. The fourth-order valence-electron chi connectivity index (χ4n) is 2.42. The van der Waals surface area contributed by atoms with Crippen molar-refractivity contribution in [3.63, 3.8) is 0 Å². The van der Waals surface area contributed by atoms with Crippen molar-refractivity contribution in [1.29, 1.82) is 0 Å². The van der Waals surface area contributed by atoms with Crippen LogP contribution in [0.5, 0.6) is 0 Å². The Kier molecular flexibility index (Phi) is 3.43. The highest BCUT2D eigenvalue weighted by Crippen LogP contribution is 2.42. The second-order valence-corrected chi connectivity index (χ2v) is 4.97.